The first-order valence-electron chi connectivity index (χ1n) is 7.90. The fraction of sp³-hybridized carbons (Fsp3) is 0.263. The minimum absolute atomic E-state index is 0.425. The van der Waals surface area contributed by atoms with Crippen molar-refractivity contribution >= 4 is 23.5 Å². The second-order valence-corrected chi connectivity index (χ2v) is 4.98. The van der Waals surface area contributed by atoms with Crippen molar-refractivity contribution in [3.05, 3.63) is 47.5 Å². The molecule has 2 aromatic carbocycles. The molecule has 2 rings (SSSR count). The summed E-state index contributed by atoms with van der Waals surface area (Å²) in [5, 5.41) is 0. The minimum atomic E-state index is 0.425. The van der Waals surface area contributed by atoms with Crippen LogP contribution in [-0.2, 0) is 16.0 Å². The second-order valence-electron chi connectivity index (χ2n) is 4.98. The molecule has 0 aromatic heterocycles. The Bertz CT molecular complexity index is 766. The van der Waals surface area contributed by atoms with Crippen LogP contribution in [0.15, 0.2) is 46.4 Å². The lowest BCUT2D eigenvalue weighted by atomic mass is 10.0. The van der Waals surface area contributed by atoms with E-state index in [0.29, 0.717) is 42.5 Å². The molecule has 128 valence electrons. The summed E-state index contributed by atoms with van der Waals surface area (Å²) in [5.41, 5.74) is 2.53. The quantitative estimate of drug-likeness (QED) is 0.538. The first kappa shape index (κ1) is 18.1. The van der Waals surface area contributed by atoms with Crippen LogP contribution in [0.2, 0.25) is 0 Å². The van der Waals surface area contributed by atoms with E-state index in [1.807, 2.05) is 26.0 Å². The van der Waals surface area contributed by atoms with Gasteiger partial charge in [-0.3, -0.25) is 0 Å². The lowest BCUT2D eigenvalue weighted by molar-refractivity contribution is 0.334. The highest BCUT2D eigenvalue weighted by Gasteiger charge is 2.15. The SMILES string of the molecule is CCOc1c(Cc2cccc(N=C=O)c2OCC)cccc1N=C=O. The molecule has 0 radical (unpaired) electrons. The third kappa shape index (κ3) is 4.42. The number of benzene rings is 2. The monoisotopic (exact) mass is 338 g/mol. The van der Waals surface area contributed by atoms with Gasteiger partial charge in [0.1, 0.15) is 22.9 Å². The number of aliphatic imine (C=N–C) groups is 2. The Hall–Kier alpha value is -3.20. The summed E-state index contributed by atoms with van der Waals surface area (Å²) in [7, 11) is 0. The molecule has 0 heterocycles. The largest absolute Gasteiger partial charge is 0.491 e. The van der Waals surface area contributed by atoms with Crippen molar-refractivity contribution in [2.75, 3.05) is 13.2 Å². The molecule has 6 nitrogen and oxygen atoms in total. The van der Waals surface area contributed by atoms with Gasteiger partial charge in [-0.2, -0.15) is 9.98 Å². The Balaban J connectivity index is 2.52. The van der Waals surface area contributed by atoms with E-state index in [-0.39, 0.29) is 0 Å². The summed E-state index contributed by atoms with van der Waals surface area (Å²) in [6.45, 7) is 4.59. The van der Waals surface area contributed by atoms with Crippen molar-refractivity contribution in [2.45, 2.75) is 20.3 Å². The molecule has 0 aliphatic heterocycles. The van der Waals surface area contributed by atoms with Gasteiger partial charge in [-0.15, -0.1) is 0 Å². The highest BCUT2D eigenvalue weighted by molar-refractivity contribution is 5.64. The molecule has 0 fully saturated rings. The second kappa shape index (κ2) is 9.18. The van der Waals surface area contributed by atoms with Crippen LogP contribution in [0.1, 0.15) is 25.0 Å². The highest BCUT2D eigenvalue weighted by atomic mass is 16.5. The van der Waals surface area contributed by atoms with E-state index in [4.69, 9.17) is 9.47 Å². The van der Waals surface area contributed by atoms with Gasteiger partial charge in [0.2, 0.25) is 12.2 Å². The van der Waals surface area contributed by atoms with E-state index in [9.17, 15) is 9.59 Å². The molecule has 2 aromatic rings. The van der Waals surface area contributed by atoms with Crippen LogP contribution in [0.4, 0.5) is 11.4 Å². The van der Waals surface area contributed by atoms with Gasteiger partial charge in [0.15, 0.2) is 0 Å². The summed E-state index contributed by atoms with van der Waals surface area (Å²) in [6, 6.07) is 10.7. The van der Waals surface area contributed by atoms with Crippen molar-refractivity contribution < 1.29 is 19.1 Å². The predicted octanol–water partition coefficient (Wildman–Crippen LogP) is 4.01. The van der Waals surface area contributed by atoms with Crippen LogP contribution >= 0.6 is 0 Å². The molecule has 0 spiro atoms. The van der Waals surface area contributed by atoms with E-state index in [1.54, 1.807) is 36.4 Å². The lowest BCUT2D eigenvalue weighted by Crippen LogP contribution is -2.01. The summed E-state index contributed by atoms with van der Waals surface area (Å²) >= 11 is 0. The Kier molecular flexibility index (Phi) is 6.66. The summed E-state index contributed by atoms with van der Waals surface area (Å²) in [6.07, 6.45) is 3.55. The smallest absolute Gasteiger partial charge is 0.240 e. The number of hydrogen-bond acceptors (Lipinski definition) is 6. The third-order valence-electron chi connectivity index (χ3n) is 3.44. The van der Waals surface area contributed by atoms with Gasteiger partial charge in [0.05, 0.1) is 13.2 Å². The molecular weight excluding hydrogens is 320 g/mol. The first-order chi connectivity index (χ1) is 12.2. The zero-order chi connectivity index (χ0) is 18.1. The normalized spacial score (nSPS) is 9.68. The number of ether oxygens (including phenoxy) is 2. The van der Waals surface area contributed by atoms with Crippen LogP contribution in [0.5, 0.6) is 11.5 Å². The number of para-hydroxylation sites is 2. The molecule has 0 unspecified atom stereocenters. The predicted molar refractivity (Wildman–Crippen MR) is 93.6 cm³/mol. The maximum Gasteiger partial charge on any atom is 0.240 e. The van der Waals surface area contributed by atoms with Crippen LogP contribution in [-0.4, -0.2) is 25.4 Å². The van der Waals surface area contributed by atoms with Crippen LogP contribution in [0.3, 0.4) is 0 Å². The Labute approximate surface area is 145 Å². The van der Waals surface area contributed by atoms with E-state index < -0.39 is 0 Å². The Morgan fingerprint density at radius 3 is 1.60 bits per heavy atom. The molecule has 0 aliphatic rings. The summed E-state index contributed by atoms with van der Waals surface area (Å²) < 4.78 is 11.3. The maximum absolute atomic E-state index is 10.6. The zero-order valence-corrected chi connectivity index (χ0v) is 14.1. The molecule has 0 N–H and O–H groups in total. The molecule has 0 saturated carbocycles. The number of isocyanates is 2. The molecule has 6 heteroatoms. The molecule has 0 bridgehead atoms. The average Bonchev–Trinajstić information content (AvgIpc) is 2.61. The minimum Gasteiger partial charge on any atom is -0.491 e. The first-order valence-corrected chi connectivity index (χ1v) is 7.90. The van der Waals surface area contributed by atoms with Gasteiger partial charge in [0.25, 0.3) is 0 Å². The van der Waals surface area contributed by atoms with Crippen molar-refractivity contribution in [1.29, 1.82) is 0 Å². The summed E-state index contributed by atoms with van der Waals surface area (Å²) in [4.78, 5) is 28.7. The van der Waals surface area contributed by atoms with Crippen LogP contribution in [0, 0.1) is 0 Å². The van der Waals surface area contributed by atoms with Gasteiger partial charge >= 0.3 is 0 Å². The van der Waals surface area contributed by atoms with E-state index >= 15 is 0 Å². The van der Waals surface area contributed by atoms with Crippen molar-refractivity contribution in [3.8, 4) is 11.5 Å². The zero-order valence-electron chi connectivity index (χ0n) is 14.1. The molecule has 25 heavy (non-hydrogen) atoms. The summed E-state index contributed by atoms with van der Waals surface area (Å²) in [5.74, 6) is 1.06. The van der Waals surface area contributed by atoms with E-state index in [0.717, 1.165) is 11.1 Å². The number of nitrogens with zero attached hydrogens (tertiary/aromatic N) is 2. The third-order valence-corrected chi connectivity index (χ3v) is 3.44. The molecule has 0 amide bonds. The topological polar surface area (TPSA) is 77.3 Å². The molecular formula is C19H18N2O4. The molecule has 0 atom stereocenters. The fourth-order valence-corrected chi connectivity index (χ4v) is 2.52. The lowest BCUT2D eigenvalue weighted by Gasteiger charge is -2.15. The van der Waals surface area contributed by atoms with E-state index in [2.05, 4.69) is 9.98 Å². The number of carbonyl (C=O) groups excluding carboxylic acids is 2. The fourth-order valence-electron chi connectivity index (χ4n) is 2.52. The van der Waals surface area contributed by atoms with Gasteiger partial charge in [-0.25, -0.2) is 9.59 Å². The van der Waals surface area contributed by atoms with Crippen molar-refractivity contribution in [1.82, 2.24) is 0 Å². The maximum atomic E-state index is 10.6. The van der Waals surface area contributed by atoms with Crippen LogP contribution < -0.4 is 9.47 Å². The standard InChI is InChI=1S/C19H18N2O4/c1-3-24-18-14(7-5-9-16(18)20-12-22)11-15-8-6-10-17(21-13-23)19(15)25-4-2/h5-10H,3-4,11H2,1-2H3. The number of rotatable bonds is 8. The van der Waals surface area contributed by atoms with Crippen LogP contribution in [0.25, 0.3) is 0 Å². The van der Waals surface area contributed by atoms with E-state index in [1.165, 1.54) is 0 Å². The van der Waals surface area contributed by atoms with Gasteiger partial charge in [-0.05, 0) is 26.0 Å². The van der Waals surface area contributed by atoms with Crippen molar-refractivity contribution in [2.24, 2.45) is 9.98 Å². The van der Waals surface area contributed by atoms with Gasteiger partial charge in [-0.1, -0.05) is 24.3 Å². The molecule has 0 saturated heterocycles. The Morgan fingerprint density at radius 2 is 1.24 bits per heavy atom. The average molecular weight is 338 g/mol. The number of hydrogen-bond donors (Lipinski definition) is 0. The molecule has 0 aliphatic carbocycles. The van der Waals surface area contributed by atoms with Crippen molar-refractivity contribution in [3.63, 3.8) is 0 Å². The van der Waals surface area contributed by atoms with Gasteiger partial charge in [0, 0.05) is 17.5 Å². The highest BCUT2D eigenvalue weighted by Crippen LogP contribution is 2.37. The van der Waals surface area contributed by atoms with Gasteiger partial charge < -0.3 is 9.47 Å². The Morgan fingerprint density at radius 1 is 0.800 bits per heavy atom.